The molecule has 23 heavy (non-hydrogen) atoms. The van der Waals surface area contributed by atoms with Gasteiger partial charge in [-0.3, -0.25) is 9.36 Å². The third-order valence-electron chi connectivity index (χ3n) is 4.06. The summed E-state index contributed by atoms with van der Waals surface area (Å²) in [7, 11) is 0. The summed E-state index contributed by atoms with van der Waals surface area (Å²) < 4.78 is 7.54. The minimum Gasteiger partial charge on any atom is -0.472 e. The van der Waals surface area contributed by atoms with Crippen molar-refractivity contribution in [2.75, 3.05) is 5.75 Å². The highest BCUT2D eigenvalue weighted by Crippen LogP contribution is 2.26. The van der Waals surface area contributed by atoms with Crippen LogP contribution in [0.15, 0.2) is 34.2 Å². The van der Waals surface area contributed by atoms with Crippen LogP contribution in [0, 0.1) is 6.92 Å². The van der Waals surface area contributed by atoms with Crippen molar-refractivity contribution in [1.82, 2.24) is 9.55 Å². The number of nitrogens with zero attached hydrogens (tertiary/aromatic N) is 2. The molecule has 0 atom stereocenters. The predicted molar refractivity (Wildman–Crippen MR) is 93.4 cm³/mol. The molecular weight excluding hydrogens is 308 g/mol. The van der Waals surface area contributed by atoms with Crippen LogP contribution in [0.1, 0.15) is 37.5 Å². The minimum atomic E-state index is 0.0121. The van der Waals surface area contributed by atoms with Crippen LogP contribution >= 0.6 is 11.8 Å². The van der Waals surface area contributed by atoms with Crippen LogP contribution in [-0.4, -0.2) is 15.3 Å². The topological polar surface area (TPSA) is 44.1 Å². The Labute approximate surface area is 140 Å². The van der Waals surface area contributed by atoms with E-state index in [1.54, 1.807) is 23.3 Å². The normalized spacial score (nSPS) is 13.9. The van der Waals surface area contributed by atoms with Crippen molar-refractivity contribution >= 4 is 11.8 Å². The van der Waals surface area contributed by atoms with E-state index in [2.05, 4.69) is 50.0 Å². The Morgan fingerprint density at radius 1 is 1.26 bits per heavy atom. The van der Waals surface area contributed by atoms with Gasteiger partial charge in [-0.1, -0.05) is 56.8 Å². The van der Waals surface area contributed by atoms with Crippen molar-refractivity contribution < 1.29 is 4.74 Å². The molecule has 0 radical (unpaired) electrons. The third kappa shape index (κ3) is 3.29. The van der Waals surface area contributed by atoms with E-state index in [9.17, 15) is 4.79 Å². The zero-order chi connectivity index (χ0) is 16.6. The number of hydrogen-bond donors (Lipinski definition) is 0. The van der Waals surface area contributed by atoms with Gasteiger partial charge in [-0.05, 0) is 23.5 Å². The van der Waals surface area contributed by atoms with Gasteiger partial charge in [-0.2, -0.15) is 4.98 Å². The summed E-state index contributed by atoms with van der Waals surface area (Å²) in [4.78, 5) is 16.8. The van der Waals surface area contributed by atoms with E-state index in [1.165, 1.54) is 5.56 Å². The summed E-state index contributed by atoms with van der Waals surface area (Å²) in [6.07, 6.45) is 0. The number of ether oxygens (including phenoxy) is 1. The van der Waals surface area contributed by atoms with Crippen molar-refractivity contribution in [3.8, 4) is 5.88 Å². The second kappa shape index (κ2) is 6.04. The molecule has 0 saturated heterocycles. The fourth-order valence-corrected chi connectivity index (χ4v) is 3.47. The molecule has 0 fully saturated rings. The van der Waals surface area contributed by atoms with Crippen LogP contribution in [0.4, 0.5) is 0 Å². The quantitative estimate of drug-likeness (QED) is 0.808. The lowest BCUT2D eigenvalue weighted by molar-refractivity contribution is 0.285. The van der Waals surface area contributed by atoms with E-state index < -0.39 is 0 Å². The molecule has 0 unspecified atom stereocenters. The van der Waals surface area contributed by atoms with Gasteiger partial charge in [0.2, 0.25) is 5.88 Å². The monoisotopic (exact) mass is 330 g/mol. The molecule has 1 aromatic heterocycles. The highest BCUT2D eigenvalue weighted by molar-refractivity contribution is 7.99. The Kier molecular flexibility index (Phi) is 4.23. The van der Waals surface area contributed by atoms with E-state index in [1.807, 2.05) is 0 Å². The molecule has 4 nitrogen and oxygen atoms in total. The van der Waals surface area contributed by atoms with E-state index >= 15 is 0 Å². The van der Waals surface area contributed by atoms with E-state index in [-0.39, 0.29) is 11.0 Å². The highest BCUT2D eigenvalue weighted by atomic mass is 32.2. The summed E-state index contributed by atoms with van der Waals surface area (Å²) in [5.41, 5.74) is 3.11. The van der Waals surface area contributed by atoms with Crippen LogP contribution in [0.2, 0.25) is 0 Å². The first-order valence-corrected chi connectivity index (χ1v) is 8.81. The standard InChI is InChI=1S/C18H22N2O2S/c1-12-15(19-17-20(16(12)21)9-10-23-17)22-11-13-5-7-14(8-6-13)18(2,3)4/h5-8H,9-11H2,1-4H3. The van der Waals surface area contributed by atoms with Crippen molar-refractivity contribution in [1.29, 1.82) is 0 Å². The predicted octanol–water partition coefficient (Wildman–Crippen LogP) is 3.53. The number of fused-ring (bicyclic) bond motifs is 1. The lowest BCUT2D eigenvalue weighted by Crippen LogP contribution is -2.23. The number of rotatable bonds is 3. The summed E-state index contributed by atoms with van der Waals surface area (Å²) in [5, 5.41) is 0.763. The van der Waals surface area contributed by atoms with Gasteiger partial charge >= 0.3 is 0 Å². The molecule has 5 heteroatoms. The second-order valence-corrected chi connectivity index (χ2v) is 7.93. The molecule has 1 aliphatic rings. The average molecular weight is 330 g/mol. The molecule has 1 aromatic carbocycles. The van der Waals surface area contributed by atoms with Crippen molar-refractivity contribution in [3.05, 3.63) is 51.3 Å². The van der Waals surface area contributed by atoms with Gasteiger partial charge < -0.3 is 4.74 Å². The second-order valence-electron chi connectivity index (χ2n) is 6.87. The smallest absolute Gasteiger partial charge is 0.260 e. The molecule has 2 heterocycles. The summed E-state index contributed by atoms with van der Waals surface area (Å²) in [5.74, 6) is 1.36. The number of thioether (sulfide) groups is 1. The minimum absolute atomic E-state index is 0.0121. The highest BCUT2D eigenvalue weighted by Gasteiger charge is 2.19. The Morgan fingerprint density at radius 2 is 1.96 bits per heavy atom. The molecule has 3 rings (SSSR count). The van der Waals surface area contributed by atoms with Gasteiger partial charge in [-0.15, -0.1) is 0 Å². The molecule has 0 saturated carbocycles. The van der Waals surface area contributed by atoms with E-state index in [4.69, 9.17) is 4.74 Å². The van der Waals surface area contributed by atoms with Crippen molar-refractivity contribution in [3.63, 3.8) is 0 Å². The van der Waals surface area contributed by atoms with Crippen LogP contribution < -0.4 is 10.3 Å². The zero-order valence-corrected chi connectivity index (χ0v) is 14.9. The molecule has 0 amide bonds. The Hall–Kier alpha value is -1.75. The molecule has 0 N–H and O–H groups in total. The summed E-state index contributed by atoms with van der Waals surface area (Å²) in [6.45, 7) is 9.53. The van der Waals surface area contributed by atoms with Gasteiger partial charge in [0.1, 0.15) is 6.61 Å². The summed E-state index contributed by atoms with van der Waals surface area (Å²) in [6, 6.07) is 8.41. The SMILES string of the molecule is Cc1c(OCc2ccc(C(C)(C)C)cc2)nc2n(c1=O)CCS2. The molecule has 1 aliphatic heterocycles. The van der Waals surface area contributed by atoms with Gasteiger partial charge in [0.05, 0.1) is 5.56 Å². The number of aromatic nitrogens is 2. The van der Waals surface area contributed by atoms with Gasteiger partial charge in [0.25, 0.3) is 5.56 Å². The van der Waals surface area contributed by atoms with Crippen LogP contribution in [0.25, 0.3) is 0 Å². The number of hydrogen-bond acceptors (Lipinski definition) is 4. The zero-order valence-electron chi connectivity index (χ0n) is 14.0. The molecule has 0 spiro atoms. The first-order valence-electron chi connectivity index (χ1n) is 7.83. The lowest BCUT2D eigenvalue weighted by atomic mass is 9.87. The van der Waals surface area contributed by atoms with Crippen LogP contribution in [-0.2, 0) is 18.6 Å². The largest absolute Gasteiger partial charge is 0.472 e. The Balaban J connectivity index is 1.76. The van der Waals surface area contributed by atoms with E-state index in [0.29, 0.717) is 18.1 Å². The van der Waals surface area contributed by atoms with Gasteiger partial charge in [0.15, 0.2) is 5.16 Å². The van der Waals surface area contributed by atoms with Crippen molar-refractivity contribution in [2.24, 2.45) is 0 Å². The van der Waals surface area contributed by atoms with Crippen LogP contribution in [0.3, 0.4) is 0 Å². The Bertz CT molecular complexity index is 773. The molecule has 0 aliphatic carbocycles. The van der Waals surface area contributed by atoms with Gasteiger partial charge in [-0.25, -0.2) is 0 Å². The summed E-state index contributed by atoms with van der Waals surface area (Å²) >= 11 is 1.60. The first-order chi connectivity index (χ1) is 10.9. The maximum absolute atomic E-state index is 12.3. The van der Waals surface area contributed by atoms with Crippen LogP contribution in [0.5, 0.6) is 5.88 Å². The third-order valence-corrected chi connectivity index (χ3v) is 5.01. The van der Waals surface area contributed by atoms with E-state index in [0.717, 1.165) is 23.0 Å². The average Bonchev–Trinajstić information content (AvgIpc) is 2.97. The fraction of sp³-hybridized carbons (Fsp3) is 0.444. The molecule has 0 bridgehead atoms. The fourth-order valence-electron chi connectivity index (χ4n) is 2.54. The van der Waals surface area contributed by atoms with Crippen molar-refractivity contribution in [2.45, 2.75) is 51.4 Å². The van der Waals surface area contributed by atoms with Gasteiger partial charge in [0, 0.05) is 12.3 Å². The first kappa shape index (κ1) is 16.1. The lowest BCUT2D eigenvalue weighted by Gasteiger charge is -2.19. The maximum Gasteiger partial charge on any atom is 0.260 e. The molecular formula is C18H22N2O2S. The Morgan fingerprint density at radius 3 is 2.61 bits per heavy atom. The molecule has 2 aromatic rings. The maximum atomic E-state index is 12.3. The number of benzene rings is 1. The molecule has 122 valence electrons.